The second-order valence-corrected chi connectivity index (χ2v) is 6.21. The quantitative estimate of drug-likeness (QED) is 0.518. The summed E-state index contributed by atoms with van der Waals surface area (Å²) in [7, 11) is 1.65. The van der Waals surface area contributed by atoms with Crippen LogP contribution in [-0.4, -0.2) is 18.3 Å². The van der Waals surface area contributed by atoms with Crippen molar-refractivity contribution in [2.45, 2.75) is 13.3 Å². The molecule has 0 aliphatic carbocycles. The molecule has 5 heteroatoms. The number of hydrazone groups is 1. The maximum atomic E-state index is 5.31. The first-order chi connectivity index (χ1) is 11.8. The minimum absolute atomic E-state index is 0.789. The zero-order chi connectivity index (χ0) is 16.8. The number of ether oxygens (including phenoxy) is 1. The number of benzene rings is 2. The molecule has 3 aromatic rings. The van der Waals surface area contributed by atoms with Gasteiger partial charge in [-0.05, 0) is 18.6 Å². The third kappa shape index (κ3) is 3.63. The lowest BCUT2D eigenvalue weighted by Gasteiger charge is -2.02. The molecular formula is C19H19N3OS. The van der Waals surface area contributed by atoms with Gasteiger partial charge in [0.25, 0.3) is 0 Å². The van der Waals surface area contributed by atoms with Crippen LogP contribution < -0.4 is 10.2 Å². The van der Waals surface area contributed by atoms with Crippen molar-refractivity contribution in [2.75, 3.05) is 12.5 Å². The topological polar surface area (TPSA) is 46.5 Å². The van der Waals surface area contributed by atoms with Crippen LogP contribution in [0.25, 0.3) is 11.3 Å². The molecule has 1 heterocycles. The number of nitrogens with one attached hydrogen (secondary N) is 1. The molecule has 24 heavy (non-hydrogen) atoms. The molecule has 2 aromatic carbocycles. The van der Waals surface area contributed by atoms with Crippen molar-refractivity contribution < 1.29 is 4.74 Å². The van der Waals surface area contributed by atoms with E-state index in [2.05, 4.69) is 34.6 Å². The summed E-state index contributed by atoms with van der Waals surface area (Å²) in [5.41, 5.74) is 6.11. The zero-order valence-electron chi connectivity index (χ0n) is 13.7. The summed E-state index contributed by atoms with van der Waals surface area (Å²) in [6.45, 7) is 2.14. The number of nitrogens with zero attached hydrogens (tertiary/aromatic N) is 2. The second kappa shape index (κ2) is 7.75. The van der Waals surface area contributed by atoms with Gasteiger partial charge in [0.1, 0.15) is 5.75 Å². The van der Waals surface area contributed by atoms with Crippen LogP contribution >= 0.6 is 11.3 Å². The lowest BCUT2D eigenvalue weighted by atomic mass is 10.1. The van der Waals surface area contributed by atoms with Crippen LogP contribution in [0.15, 0.2) is 59.7 Å². The van der Waals surface area contributed by atoms with E-state index in [1.807, 2.05) is 42.5 Å². The maximum Gasteiger partial charge on any atom is 0.204 e. The average Bonchev–Trinajstić information content (AvgIpc) is 3.06. The highest BCUT2D eigenvalue weighted by Gasteiger charge is 2.11. The Labute approximate surface area is 145 Å². The molecule has 0 amide bonds. The summed E-state index contributed by atoms with van der Waals surface area (Å²) in [6.07, 6.45) is 2.69. The van der Waals surface area contributed by atoms with Gasteiger partial charge in [-0.1, -0.05) is 60.7 Å². The van der Waals surface area contributed by atoms with Crippen molar-refractivity contribution in [1.29, 1.82) is 0 Å². The van der Waals surface area contributed by atoms with E-state index in [1.165, 1.54) is 4.88 Å². The molecule has 0 saturated heterocycles. The first-order valence-corrected chi connectivity index (χ1v) is 8.60. The fourth-order valence-electron chi connectivity index (χ4n) is 2.39. The Morgan fingerprint density at radius 2 is 1.88 bits per heavy atom. The molecule has 0 spiro atoms. The van der Waals surface area contributed by atoms with Crippen LogP contribution in [0.4, 0.5) is 5.13 Å². The van der Waals surface area contributed by atoms with E-state index in [-0.39, 0.29) is 0 Å². The molecule has 0 aliphatic rings. The van der Waals surface area contributed by atoms with Crippen LogP contribution in [0.3, 0.4) is 0 Å². The summed E-state index contributed by atoms with van der Waals surface area (Å²) in [5.74, 6) is 0.793. The van der Waals surface area contributed by atoms with Gasteiger partial charge in [-0.15, -0.1) is 0 Å². The Bertz CT molecular complexity index is 828. The van der Waals surface area contributed by atoms with E-state index in [0.717, 1.165) is 34.1 Å². The molecular weight excluding hydrogens is 318 g/mol. The maximum absolute atomic E-state index is 5.31. The van der Waals surface area contributed by atoms with E-state index in [9.17, 15) is 0 Å². The second-order valence-electron chi connectivity index (χ2n) is 5.12. The lowest BCUT2D eigenvalue weighted by molar-refractivity contribution is 0.414. The largest absolute Gasteiger partial charge is 0.496 e. The van der Waals surface area contributed by atoms with E-state index in [4.69, 9.17) is 4.74 Å². The van der Waals surface area contributed by atoms with Crippen molar-refractivity contribution in [2.24, 2.45) is 5.10 Å². The van der Waals surface area contributed by atoms with Gasteiger partial charge in [0.05, 0.1) is 19.0 Å². The number of aryl methyl sites for hydroxylation is 1. The van der Waals surface area contributed by atoms with Gasteiger partial charge in [0.15, 0.2) is 0 Å². The SMILES string of the molecule is CCc1sc(NN=Cc2ccccc2OC)nc1-c1ccccc1. The molecule has 0 atom stereocenters. The van der Waals surface area contributed by atoms with Crippen molar-refractivity contribution in [3.8, 4) is 17.0 Å². The number of para-hydroxylation sites is 1. The Balaban J connectivity index is 1.79. The van der Waals surface area contributed by atoms with E-state index in [1.54, 1.807) is 24.7 Å². The first kappa shape index (κ1) is 16.2. The third-order valence-corrected chi connectivity index (χ3v) is 4.67. The van der Waals surface area contributed by atoms with Crippen molar-refractivity contribution in [3.05, 3.63) is 65.0 Å². The van der Waals surface area contributed by atoms with Gasteiger partial charge in [0.2, 0.25) is 5.13 Å². The van der Waals surface area contributed by atoms with Crippen LogP contribution in [0.2, 0.25) is 0 Å². The third-order valence-electron chi connectivity index (χ3n) is 3.57. The number of anilines is 1. The first-order valence-electron chi connectivity index (χ1n) is 7.79. The van der Waals surface area contributed by atoms with Crippen LogP contribution in [0, 0.1) is 0 Å². The summed E-state index contributed by atoms with van der Waals surface area (Å²) in [5, 5.41) is 5.08. The molecule has 0 fully saturated rings. The van der Waals surface area contributed by atoms with Crippen LogP contribution in [0.1, 0.15) is 17.4 Å². The summed E-state index contributed by atoms with van der Waals surface area (Å²) >= 11 is 1.63. The van der Waals surface area contributed by atoms with Crippen molar-refractivity contribution in [3.63, 3.8) is 0 Å². The zero-order valence-corrected chi connectivity index (χ0v) is 14.5. The van der Waals surface area contributed by atoms with Gasteiger partial charge >= 0.3 is 0 Å². The molecule has 0 saturated carbocycles. The number of hydrogen-bond acceptors (Lipinski definition) is 5. The summed E-state index contributed by atoms with van der Waals surface area (Å²) in [6, 6.07) is 18.0. The van der Waals surface area contributed by atoms with E-state index in [0.29, 0.717) is 0 Å². The number of aromatic nitrogens is 1. The average molecular weight is 337 g/mol. The molecule has 0 unspecified atom stereocenters. The van der Waals surface area contributed by atoms with Crippen molar-refractivity contribution >= 4 is 22.7 Å². The molecule has 0 aliphatic heterocycles. The summed E-state index contributed by atoms with van der Waals surface area (Å²) < 4.78 is 5.31. The van der Waals surface area contributed by atoms with Gasteiger partial charge in [-0.3, -0.25) is 5.43 Å². The van der Waals surface area contributed by atoms with E-state index < -0.39 is 0 Å². The Morgan fingerprint density at radius 3 is 2.62 bits per heavy atom. The minimum Gasteiger partial charge on any atom is -0.496 e. The fourth-order valence-corrected chi connectivity index (χ4v) is 3.26. The molecule has 1 N–H and O–H groups in total. The van der Waals surface area contributed by atoms with E-state index >= 15 is 0 Å². The monoisotopic (exact) mass is 337 g/mol. The van der Waals surface area contributed by atoms with Gasteiger partial charge < -0.3 is 4.74 Å². The Morgan fingerprint density at radius 1 is 1.12 bits per heavy atom. The standard InChI is InChI=1S/C19H19N3OS/c1-3-17-18(14-9-5-4-6-10-14)21-19(24-17)22-20-13-15-11-7-8-12-16(15)23-2/h4-13H,3H2,1-2H3,(H,21,22). The summed E-state index contributed by atoms with van der Waals surface area (Å²) in [4.78, 5) is 5.93. The highest BCUT2D eigenvalue weighted by atomic mass is 32.1. The van der Waals surface area contributed by atoms with Gasteiger partial charge in [0, 0.05) is 16.0 Å². The molecule has 0 bridgehead atoms. The number of rotatable bonds is 6. The van der Waals surface area contributed by atoms with Crippen molar-refractivity contribution in [1.82, 2.24) is 4.98 Å². The molecule has 122 valence electrons. The molecule has 1 aromatic heterocycles. The Kier molecular flexibility index (Phi) is 5.23. The fraction of sp³-hybridized carbons (Fsp3) is 0.158. The lowest BCUT2D eigenvalue weighted by Crippen LogP contribution is -1.93. The number of thiazole rings is 1. The minimum atomic E-state index is 0.789. The molecule has 3 rings (SSSR count). The molecule has 4 nitrogen and oxygen atoms in total. The number of hydrogen-bond donors (Lipinski definition) is 1. The van der Waals surface area contributed by atoms with Gasteiger partial charge in [-0.25, -0.2) is 4.98 Å². The smallest absolute Gasteiger partial charge is 0.204 e. The van der Waals surface area contributed by atoms with Gasteiger partial charge in [-0.2, -0.15) is 5.10 Å². The molecule has 0 radical (unpaired) electrons. The highest BCUT2D eigenvalue weighted by Crippen LogP contribution is 2.31. The Hall–Kier alpha value is -2.66. The predicted molar refractivity (Wildman–Crippen MR) is 101 cm³/mol. The van der Waals surface area contributed by atoms with Crippen LogP contribution in [-0.2, 0) is 6.42 Å². The van der Waals surface area contributed by atoms with Crippen LogP contribution in [0.5, 0.6) is 5.75 Å². The highest BCUT2D eigenvalue weighted by molar-refractivity contribution is 7.16. The number of methoxy groups -OCH3 is 1. The normalized spacial score (nSPS) is 10.9. The predicted octanol–water partition coefficient (Wildman–Crippen LogP) is 4.83.